The van der Waals surface area contributed by atoms with Crippen molar-refractivity contribution in [2.45, 2.75) is 27.0 Å². The number of anilines is 1. The van der Waals surface area contributed by atoms with E-state index in [1.54, 1.807) is 6.07 Å². The van der Waals surface area contributed by atoms with E-state index in [4.69, 9.17) is 32.5 Å². The van der Waals surface area contributed by atoms with Crippen LogP contribution in [0.25, 0.3) is 0 Å². The molecule has 1 aromatic carbocycles. The van der Waals surface area contributed by atoms with Gasteiger partial charge in [0, 0.05) is 11.6 Å². The van der Waals surface area contributed by atoms with Gasteiger partial charge >= 0.3 is 10.4 Å². The first-order chi connectivity index (χ1) is 9.69. The third kappa shape index (κ3) is 5.19. The number of hydrogen-bond donors (Lipinski definition) is 1. The summed E-state index contributed by atoms with van der Waals surface area (Å²) in [5, 5.41) is 1.22. The van der Waals surface area contributed by atoms with Crippen molar-refractivity contribution in [3.63, 3.8) is 0 Å². The van der Waals surface area contributed by atoms with Crippen LogP contribution in [0, 0.1) is 0 Å². The lowest BCUT2D eigenvalue weighted by atomic mass is 10.3. The maximum absolute atomic E-state index is 9.56. The SMILES string of the molecule is CCN1c2cc(Cl)cc(Cl)c2OC1C.CCOS(=O)(=O)O. The highest BCUT2D eigenvalue weighted by atomic mass is 35.5. The van der Waals surface area contributed by atoms with Crippen molar-refractivity contribution in [2.24, 2.45) is 0 Å². The van der Waals surface area contributed by atoms with E-state index in [1.165, 1.54) is 6.92 Å². The van der Waals surface area contributed by atoms with Crippen molar-refractivity contribution in [3.8, 4) is 5.75 Å². The van der Waals surface area contributed by atoms with E-state index in [1.807, 2.05) is 13.0 Å². The summed E-state index contributed by atoms with van der Waals surface area (Å²) >= 11 is 12.0. The van der Waals surface area contributed by atoms with Crippen molar-refractivity contribution in [2.75, 3.05) is 18.1 Å². The van der Waals surface area contributed by atoms with Crippen molar-refractivity contribution >= 4 is 39.3 Å². The summed E-state index contributed by atoms with van der Waals surface area (Å²) in [6.45, 7) is 6.38. The van der Waals surface area contributed by atoms with Crippen LogP contribution in [0.5, 0.6) is 5.75 Å². The Hall–Kier alpha value is -0.730. The van der Waals surface area contributed by atoms with Gasteiger partial charge in [-0.05, 0) is 32.9 Å². The molecule has 0 fully saturated rings. The molecule has 0 bridgehead atoms. The fourth-order valence-corrected chi connectivity index (χ4v) is 2.71. The van der Waals surface area contributed by atoms with Gasteiger partial charge in [-0.1, -0.05) is 23.2 Å². The van der Waals surface area contributed by atoms with Crippen LogP contribution in [0.2, 0.25) is 10.0 Å². The average molecular weight is 358 g/mol. The summed E-state index contributed by atoms with van der Waals surface area (Å²) < 4.78 is 36.3. The zero-order valence-corrected chi connectivity index (χ0v) is 14.2. The normalized spacial score (nSPS) is 16.9. The summed E-state index contributed by atoms with van der Waals surface area (Å²) in [6, 6.07) is 3.59. The lowest BCUT2D eigenvalue weighted by Gasteiger charge is -2.19. The third-order valence-corrected chi connectivity index (χ3v) is 3.67. The predicted octanol–water partition coefficient (Wildman–Crippen LogP) is 3.38. The Balaban J connectivity index is 0.000000270. The van der Waals surface area contributed by atoms with Gasteiger partial charge in [0.2, 0.25) is 0 Å². The Morgan fingerprint density at radius 2 is 2.00 bits per heavy atom. The molecule has 0 amide bonds. The number of ether oxygens (including phenoxy) is 1. The van der Waals surface area contributed by atoms with Crippen LogP contribution in [-0.2, 0) is 14.6 Å². The molecule has 6 nitrogen and oxygen atoms in total. The van der Waals surface area contributed by atoms with Gasteiger partial charge < -0.3 is 9.64 Å². The first-order valence-electron chi connectivity index (χ1n) is 6.23. The molecule has 1 aliphatic heterocycles. The molecule has 1 aliphatic rings. The molecule has 0 spiro atoms. The number of hydrogen-bond acceptors (Lipinski definition) is 5. The second-order valence-electron chi connectivity index (χ2n) is 4.07. The van der Waals surface area contributed by atoms with E-state index in [0.29, 0.717) is 10.0 Å². The van der Waals surface area contributed by atoms with Crippen molar-refractivity contribution in [1.82, 2.24) is 0 Å². The largest absolute Gasteiger partial charge is 0.467 e. The van der Waals surface area contributed by atoms with Crippen LogP contribution < -0.4 is 9.64 Å². The summed E-state index contributed by atoms with van der Waals surface area (Å²) in [5.41, 5.74) is 0.984. The zero-order valence-electron chi connectivity index (χ0n) is 11.8. The second kappa shape index (κ2) is 7.51. The molecule has 1 unspecified atom stereocenters. The van der Waals surface area contributed by atoms with E-state index < -0.39 is 10.4 Å². The smallest absolute Gasteiger partial charge is 0.397 e. The quantitative estimate of drug-likeness (QED) is 0.835. The molecule has 0 saturated carbocycles. The van der Waals surface area contributed by atoms with Gasteiger partial charge in [0.05, 0.1) is 17.3 Å². The highest BCUT2D eigenvalue weighted by Crippen LogP contribution is 2.44. The van der Waals surface area contributed by atoms with Gasteiger partial charge in [-0.25, -0.2) is 4.18 Å². The molecule has 1 heterocycles. The molecule has 1 N–H and O–H groups in total. The molecular weight excluding hydrogens is 341 g/mol. The van der Waals surface area contributed by atoms with Gasteiger partial charge in [0.15, 0.2) is 12.0 Å². The lowest BCUT2D eigenvalue weighted by Crippen LogP contribution is -2.31. The molecule has 21 heavy (non-hydrogen) atoms. The van der Waals surface area contributed by atoms with Gasteiger partial charge in [0.1, 0.15) is 0 Å². The molecule has 0 saturated heterocycles. The fourth-order valence-electron chi connectivity index (χ4n) is 1.88. The molecule has 1 atom stereocenters. The third-order valence-electron chi connectivity index (χ3n) is 2.63. The Kier molecular flexibility index (Phi) is 6.55. The van der Waals surface area contributed by atoms with Crippen LogP contribution >= 0.6 is 23.2 Å². The minimum absolute atomic E-state index is 0.0289. The molecule has 0 aromatic heterocycles. The number of benzene rings is 1. The molecule has 9 heteroatoms. The van der Waals surface area contributed by atoms with E-state index in [9.17, 15) is 8.42 Å². The van der Waals surface area contributed by atoms with Gasteiger partial charge in [-0.15, -0.1) is 0 Å². The maximum atomic E-state index is 9.56. The summed E-state index contributed by atoms with van der Waals surface area (Å²) in [4.78, 5) is 2.12. The van der Waals surface area contributed by atoms with E-state index in [0.717, 1.165) is 18.0 Å². The number of fused-ring (bicyclic) bond motifs is 1. The standard InChI is InChI=1S/C10H11Cl2NO.C2H6O4S/c1-3-13-6(2)14-10-8(12)4-7(11)5-9(10)13;1-2-6-7(3,4)5/h4-6H,3H2,1-2H3;2H2,1H3,(H,3,4,5). The molecule has 120 valence electrons. The summed E-state index contributed by atoms with van der Waals surface area (Å²) in [5.74, 6) is 0.741. The fraction of sp³-hybridized carbons (Fsp3) is 0.500. The van der Waals surface area contributed by atoms with Crippen molar-refractivity contribution < 1.29 is 21.9 Å². The van der Waals surface area contributed by atoms with Crippen molar-refractivity contribution in [3.05, 3.63) is 22.2 Å². The highest BCUT2D eigenvalue weighted by molar-refractivity contribution is 7.80. The second-order valence-corrected chi connectivity index (χ2v) is 6.01. The summed E-state index contributed by atoms with van der Waals surface area (Å²) in [6.07, 6.45) is 0.0333. The minimum atomic E-state index is -4.17. The highest BCUT2D eigenvalue weighted by Gasteiger charge is 2.28. The van der Waals surface area contributed by atoms with Gasteiger partial charge in [-0.2, -0.15) is 8.42 Å². The van der Waals surface area contributed by atoms with Crippen LogP contribution in [0.1, 0.15) is 20.8 Å². The Labute approximate surface area is 134 Å². The zero-order chi connectivity index (χ0) is 16.2. The average Bonchev–Trinajstić information content (AvgIpc) is 2.64. The summed E-state index contributed by atoms with van der Waals surface area (Å²) in [7, 11) is -4.17. The Bertz CT molecular complexity index is 594. The van der Waals surface area contributed by atoms with E-state index in [2.05, 4.69) is 16.0 Å². The first kappa shape index (κ1) is 18.3. The topological polar surface area (TPSA) is 76.1 Å². The van der Waals surface area contributed by atoms with Gasteiger partial charge in [0.25, 0.3) is 0 Å². The monoisotopic (exact) mass is 357 g/mol. The van der Waals surface area contributed by atoms with Crippen LogP contribution in [0.4, 0.5) is 5.69 Å². The molecule has 1 aromatic rings. The molecule has 2 rings (SSSR count). The minimum Gasteiger partial charge on any atom is -0.467 e. The van der Waals surface area contributed by atoms with E-state index >= 15 is 0 Å². The number of rotatable bonds is 3. The first-order valence-corrected chi connectivity index (χ1v) is 8.35. The molecule has 0 radical (unpaired) electrons. The van der Waals surface area contributed by atoms with Crippen LogP contribution in [0.3, 0.4) is 0 Å². The number of nitrogens with zero attached hydrogens (tertiary/aromatic N) is 1. The van der Waals surface area contributed by atoms with Crippen LogP contribution in [-0.4, -0.2) is 32.4 Å². The number of halogens is 2. The van der Waals surface area contributed by atoms with Crippen LogP contribution in [0.15, 0.2) is 12.1 Å². The predicted molar refractivity (Wildman–Crippen MR) is 82.7 cm³/mol. The molecular formula is C12H17Cl2NO5S. The van der Waals surface area contributed by atoms with Crippen molar-refractivity contribution in [1.29, 1.82) is 0 Å². The molecule has 0 aliphatic carbocycles. The lowest BCUT2D eigenvalue weighted by molar-refractivity contribution is 0.246. The maximum Gasteiger partial charge on any atom is 0.397 e. The van der Waals surface area contributed by atoms with Gasteiger partial charge in [-0.3, -0.25) is 4.55 Å². The Morgan fingerprint density at radius 1 is 1.38 bits per heavy atom. The van der Waals surface area contributed by atoms with E-state index in [-0.39, 0.29) is 12.8 Å². The Morgan fingerprint density at radius 3 is 2.43 bits per heavy atom.